The van der Waals surface area contributed by atoms with Crippen LogP contribution in [0.5, 0.6) is 5.75 Å². The van der Waals surface area contributed by atoms with Gasteiger partial charge in [0.1, 0.15) is 11.6 Å². The van der Waals surface area contributed by atoms with E-state index >= 15 is 0 Å². The normalized spacial score (nSPS) is 10.8. The molecule has 1 N–H and O–H groups in total. The third kappa shape index (κ3) is 3.53. The second-order valence-corrected chi connectivity index (χ2v) is 5.41. The molecule has 20 heavy (non-hydrogen) atoms. The van der Waals surface area contributed by atoms with E-state index in [2.05, 4.69) is 48.0 Å². The molecule has 0 atom stereocenters. The molecule has 0 fully saturated rings. The van der Waals surface area contributed by atoms with Crippen molar-refractivity contribution in [3.63, 3.8) is 0 Å². The number of aryl methyl sites for hydroxylation is 1. The van der Waals surface area contributed by atoms with E-state index in [1.807, 2.05) is 18.2 Å². The molecule has 0 spiro atoms. The lowest BCUT2D eigenvalue weighted by atomic mass is 10.2. The first-order valence-electron chi connectivity index (χ1n) is 7.00. The Bertz CT molecular complexity index is 561. The third-order valence-electron chi connectivity index (χ3n) is 3.17. The number of hydrogen-bond acceptors (Lipinski definition) is 3. The van der Waals surface area contributed by atoms with Crippen LogP contribution >= 0.6 is 0 Å². The van der Waals surface area contributed by atoms with E-state index in [1.165, 1.54) is 5.69 Å². The molecule has 0 aliphatic rings. The molecule has 0 saturated carbocycles. The largest absolute Gasteiger partial charge is 0.496 e. The van der Waals surface area contributed by atoms with E-state index in [-0.39, 0.29) is 0 Å². The minimum atomic E-state index is 0.593. The van der Waals surface area contributed by atoms with Crippen LogP contribution in [0.1, 0.15) is 25.1 Å². The molecule has 0 saturated heterocycles. The van der Waals surface area contributed by atoms with Gasteiger partial charge in [-0.3, -0.25) is 4.68 Å². The highest BCUT2D eigenvalue weighted by atomic mass is 16.5. The molecule has 2 aromatic rings. The Morgan fingerprint density at radius 3 is 2.75 bits per heavy atom. The van der Waals surface area contributed by atoms with Crippen LogP contribution in [0.25, 0.3) is 0 Å². The molecule has 0 unspecified atom stereocenters. The number of aromatic nitrogens is 2. The average molecular weight is 273 g/mol. The SMILES string of the molecule is COc1ccccc1CNc1cc(C)n(CC(C)C)n1. The van der Waals surface area contributed by atoms with Gasteiger partial charge in [-0.1, -0.05) is 32.0 Å². The maximum atomic E-state index is 5.35. The molecule has 1 aromatic heterocycles. The van der Waals surface area contributed by atoms with Crippen molar-refractivity contribution in [2.45, 2.75) is 33.9 Å². The smallest absolute Gasteiger partial charge is 0.148 e. The summed E-state index contributed by atoms with van der Waals surface area (Å²) in [5.41, 5.74) is 2.31. The molecule has 0 radical (unpaired) electrons. The molecule has 108 valence electrons. The summed E-state index contributed by atoms with van der Waals surface area (Å²) in [7, 11) is 1.69. The Hall–Kier alpha value is -1.97. The van der Waals surface area contributed by atoms with Gasteiger partial charge in [-0.05, 0) is 18.9 Å². The van der Waals surface area contributed by atoms with Gasteiger partial charge >= 0.3 is 0 Å². The zero-order valence-corrected chi connectivity index (χ0v) is 12.7. The second kappa shape index (κ2) is 6.46. The van der Waals surface area contributed by atoms with Crippen molar-refractivity contribution >= 4 is 5.82 Å². The Morgan fingerprint density at radius 2 is 2.05 bits per heavy atom. The highest BCUT2D eigenvalue weighted by molar-refractivity contribution is 5.40. The summed E-state index contributed by atoms with van der Waals surface area (Å²) in [6, 6.07) is 10.1. The van der Waals surface area contributed by atoms with E-state index in [0.717, 1.165) is 23.7 Å². The molecule has 0 aliphatic heterocycles. The second-order valence-electron chi connectivity index (χ2n) is 5.41. The van der Waals surface area contributed by atoms with Gasteiger partial charge in [0.15, 0.2) is 0 Å². The van der Waals surface area contributed by atoms with E-state index in [9.17, 15) is 0 Å². The van der Waals surface area contributed by atoms with Gasteiger partial charge < -0.3 is 10.1 Å². The minimum absolute atomic E-state index is 0.593. The van der Waals surface area contributed by atoms with E-state index in [0.29, 0.717) is 12.5 Å². The molecule has 0 amide bonds. The van der Waals surface area contributed by atoms with Gasteiger partial charge in [0.25, 0.3) is 0 Å². The summed E-state index contributed by atoms with van der Waals surface area (Å²) in [5.74, 6) is 2.41. The Kier molecular flexibility index (Phi) is 4.66. The van der Waals surface area contributed by atoms with Crippen molar-refractivity contribution in [3.8, 4) is 5.75 Å². The summed E-state index contributed by atoms with van der Waals surface area (Å²) in [6.07, 6.45) is 0. The fraction of sp³-hybridized carbons (Fsp3) is 0.438. The summed E-state index contributed by atoms with van der Waals surface area (Å²) < 4.78 is 7.40. The first-order chi connectivity index (χ1) is 9.60. The maximum absolute atomic E-state index is 5.35. The monoisotopic (exact) mass is 273 g/mol. The first kappa shape index (κ1) is 14.4. The molecule has 4 nitrogen and oxygen atoms in total. The van der Waals surface area contributed by atoms with Gasteiger partial charge in [-0.25, -0.2) is 0 Å². The third-order valence-corrected chi connectivity index (χ3v) is 3.17. The topological polar surface area (TPSA) is 39.1 Å². The number of rotatable bonds is 6. The molecule has 1 aromatic carbocycles. The highest BCUT2D eigenvalue weighted by Crippen LogP contribution is 2.19. The molecule has 0 bridgehead atoms. The van der Waals surface area contributed by atoms with Gasteiger partial charge in [0.05, 0.1) is 7.11 Å². The molecular formula is C16H23N3O. The summed E-state index contributed by atoms with van der Waals surface area (Å²) in [6.45, 7) is 8.14. The number of hydrogen-bond donors (Lipinski definition) is 1. The van der Waals surface area contributed by atoms with E-state index < -0.39 is 0 Å². The van der Waals surface area contributed by atoms with Gasteiger partial charge in [-0.15, -0.1) is 0 Å². The predicted octanol–water partition coefficient (Wildman–Crippen LogP) is 3.47. The lowest BCUT2D eigenvalue weighted by Crippen LogP contribution is -2.08. The van der Waals surface area contributed by atoms with Crippen LogP contribution in [-0.4, -0.2) is 16.9 Å². The molecule has 0 aliphatic carbocycles. The highest BCUT2D eigenvalue weighted by Gasteiger charge is 2.07. The lowest BCUT2D eigenvalue weighted by Gasteiger charge is -2.09. The Labute approximate surface area is 120 Å². The van der Waals surface area contributed by atoms with Crippen LogP contribution < -0.4 is 10.1 Å². The zero-order chi connectivity index (χ0) is 14.5. The van der Waals surface area contributed by atoms with Crippen molar-refractivity contribution in [1.82, 2.24) is 9.78 Å². The molecule has 1 heterocycles. The number of para-hydroxylation sites is 1. The predicted molar refractivity (Wildman–Crippen MR) is 82.1 cm³/mol. The number of ether oxygens (including phenoxy) is 1. The summed E-state index contributed by atoms with van der Waals surface area (Å²) >= 11 is 0. The number of benzene rings is 1. The van der Waals surface area contributed by atoms with Crippen molar-refractivity contribution in [3.05, 3.63) is 41.6 Å². The number of nitrogens with one attached hydrogen (secondary N) is 1. The fourth-order valence-electron chi connectivity index (χ4n) is 2.16. The average Bonchev–Trinajstić information content (AvgIpc) is 2.76. The summed E-state index contributed by atoms with van der Waals surface area (Å²) in [5, 5.41) is 7.94. The van der Waals surface area contributed by atoms with E-state index in [1.54, 1.807) is 7.11 Å². The quantitative estimate of drug-likeness (QED) is 0.876. The standard InChI is InChI=1S/C16H23N3O/c1-12(2)11-19-13(3)9-16(18-19)17-10-14-7-5-6-8-15(14)20-4/h5-9,12H,10-11H2,1-4H3,(H,17,18). The van der Waals surface area contributed by atoms with Crippen molar-refractivity contribution in [1.29, 1.82) is 0 Å². The van der Waals surface area contributed by atoms with Crippen molar-refractivity contribution in [2.75, 3.05) is 12.4 Å². The molecule has 2 rings (SSSR count). The fourth-order valence-corrected chi connectivity index (χ4v) is 2.16. The van der Waals surface area contributed by atoms with Gasteiger partial charge in [0, 0.05) is 30.4 Å². The lowest BCUT2D eigenvalue weighted by molar-refractivity contribution is 0.410. The van der Waals surface area contributed by atoms with Crippen LogP contribution in [0.3, 0.4) is 0 Å². The van der Waals surface area contributed by atoms with Crippen LogP contribution in [0, 0.1) is 12.8 Å². The maximum Gasteiger partial charge on any atom is 0.148 e. The Morgan fingerprint density at radius 1 is 1.30 bits per heavy atom. The van der Waals surface area contributed by atoms with Crippen LogP contribution in [0.15, 0.2) is 30.3 Å². The van der Waals surface area contributed by atoms with E-state index in [4.69, 9.17) is 4.74 Å². The number of nitrogens with zero attached hydrogens (tertiary/aromatic N) is 2. The number of methoxy groups -OCH3 is 1. The number of anilines is 1. The molecular weight excluding hydrogens is 250 g/mol. The van der Waals surface area contributed by atoms with Gasteiger partial charge in [0.2, 0.25) is 0 Å². The molecule has 4 heteroatoms. The van der Waals surface area contributed by atoms with Crippen LogP contribution in [-0.2, 0) is 13.1 Å². The first-order valence-corrected chi connectivity index (χ1v) is 7.00. The van der Waals surface area contributed by atoms with Crippen molar-refractivity contribution in [2.24, 2.45) is 5.92 Å². The van der Waals surface area contributed by atoms with Crippen LogP contribution in [0.4, 0.5) is 5.82 Å². The Balaban J connectivity index is 2.04. The van der Waals surface area contributed by atoms with Gasteiger partial charge in [-0.2, -0.15) is 5.10 Å². The minimum Gasteiger partial charge on any atom is -0.496 e. The van der Waals surface area contributed by atoms with Crippen molar-refractivity contribution < 1.29 is 4.74 Å². The summed E-state index contributed by atoms with van der Waals surface area (Å²) in [4.78, 5) is 0. The van der Waals surface area contributed by atoms with Crippen LogP contribution in [0.2, 0.25) is 0 Å². The zero-order valence-electron chi connectivity index (χ0n) is 12.7.